The molecule has 0 aliphatic rings. The number of aromatic nitrogens is 4. The highest BCUT2D eigenvalue weighted by Crippen LogP contribution is 2.12. The van der Waals surface area contributed by atoms with Crippen molar-refractivity contribution in [2.24, 2.45) is 15.6 Å². The van der Waals surface area contributed by atoms with Crippen LogP contribution in [0.3, 0.4) is 0 Å². The average Bonchev–Trinajstić information content (AvgIpc) is 3.44. The van der Waals surface area contributed by atoms with E-state index in [9.17, 15) is 4.79 Å². The third-order valence-electron chi connectivity index (χ3n) is 4.15. The van der Waals surface area contributed by atoms with Crippen molar-refractivity contribution < 1.29 is 4.79 Å². The van der Waals surface area contributed by atoms with Gasteiger partial charge in [-0.25, -0.2) is 9.97 Å². The summed E-state index contributed by atoms with van der Waals surface area (Å²) in [4.78, 5) is 24.5. The van der Waals surface area contributed by atoms with Crippen LogP contribution in [-0.2, 0) is 0 Å². The number of unbranched alkanes of at least 4 members (excludes halogenated alkanes) is 3. The van der Waals surface area contributed by atoms with Crippen molar-refractivity contribution in [3.05, 3.63) is 60.7 Å². The molecule has 4 rings (SSSR count). The quantitative estimate of drug-likeness (QED) is 0.152. The molecule has 0 fully saturated rings. The van der Waals surface area contributed by atoms with Crippen LogP contribution in [0.15, 0.2) is 70.7 Å². The smallest absolute Gasteiger partial charge is 0.152 e. The van der Waals surface area contributed by atoms with Crippen molar-refractivity contribution in [1.82, 2.24) is 19.9 Å². The number of aromatic amines is 2. The molecule has 0 radical (unpaired) electrons. The zero-order valence-electron chi connectivity index (χ0n) is 17.0. The normalized spacial score (nSPS) is 10.3. The van der Waals surface area contributed by atoms with Crippen molar-refractivity contribution in [3.8, 4) is 0 Å². The molecule has 4 aromatic heterocycles. The van der Waals surface area contributed by atoms with Crippen molar-refractivity contribution in [2.45, 2.75) is 32.6 Å². The van der Waals surface area contributed by atoms with E-state index in [1.54, 1.807) is 18.6 Å². The molecule has 0 atom stereocenters. The molecule has 0 aliphatic carbocycles. The SMILES string of the molecule is CCCCCCN=NN=N.O=Cc1c[nH]c2ncccc12.c1cnc2[nH]ccc2c1. The molecule has 0 unspecified atom stereocenters. The van der Waals surface area contributed by atoms with Gasteiger partial charge in [-0.3, -0.25) is 4.79 Å². The van der Waals surface area contributed by atoms with Crippen LogP contribution < -0.4 is 0 Å². The lowest BCUT2D eigenvalue weighted by Crippen LogP contribution is -1.79. The molecule has 9 nitrogen and oxygen atoms in total. The Morgan fingerprint density at radius 3 is 2.57 bits per heavy atom. The van der Waals surface area contributed by atoms with Gasteiger partial charge in [-0.1, -0.05) is 26.2 Å². The largest absolute Gasteiger partial charge is 0.346 e. The summed E-state index contributed by atoms with van der Waals surface area (Å²) in [5, 5.41) is 11.6. The molecule has 4 heterocycles. The fraction of sp³-hybridized carbons (Fsp3) is 0.286. The summed E-state index contributed by atoms with van der Waals surface area (Å²) in [6.07, 6.45) is 12.6. The number of carbonyl (C=O) groups is 1. The van der Waals surface area contributed by atoms with Gasteiger partial charge in [-0.05, 0) is 47.2 Å². The summed E-state index contributed by atoms with van der Waals surface area (Å²) in [6, 6.07) is 9.63. The van der Waals surface area contributed by atoms with Gasteiger partial charge >= 0.3 is 0 Å². The second-order valence-corrected chi connectivity index (χ2v) is 6.30. The van der Waals surface area contributed by atoms with Crippen LogP contribution >= 0.6 is 0 Å². The second-order valence-electron chi connectivity index (χ2n) is 6.30. The van der Waals surface area contributed by atoms with E-state index in [2.05, 4.69) is 42.4 Å². The van der Waals surface area contributed by atoms with Crippen molar-refractivity contribution in [1.29, 1.82) is 5.53 Å². The Morgan fingerprint density at radius 2 is 1.83 bits per heavy atom. The topological polar surface area (TPSA) is 135 Å². The monoisotopic (exact) mass is 406 g/mol. The molecule has 0 amide bonds. The predicted octanol–water partition coefficient (Wildman–Crippen LogP) is 5.90. The van der Waals surface area contributed by atoms with Crippen LogP contribution in [0, 0.1) is 5.53 Å². The zero-order valence-corrected chi connectivity index (χ0v) is 17.0. The molecule has 0 aliphatic heterocycles. The number of carbonyl (C=O) groups excluding carboxylic acids is 1. The maximum Gasteiger partial charge on any atom is 0.152 e. The number of H-pyrrole nitrogens is 2. The van der Waals surface area contributed by atoms with Crippen LogP contribution in [0.5, 0.6) is 0 Å². The van der Waals surface area contributed by atoms with E-state index < -0.39 is 0 Å². The highest BCUT2D eigenvalue weighted by atomic mass is 16.1. The first-order chi connectivity index (χ1) is 14.8. The fourth-order valence-electron chi connectivity index (χ4n) is 2.64. The number of pyridine rings is 2. The molecular formula is C21H26N8O. The summed E-state index contributed by atoms with van der Waals surface area (Å²) in [6.45, 7) is 2.88. The van der Waals surface area contributed by atoms with Crippen molar-refractivity contribution >= 4 is 28.4 Å². The van der Waals surface area contributed by atoms with E-state index in [0.29, 0.717) is 12.1 Å². The molecule has 4 aromatic rings. The summed E-state index contributed by atoms with van der Waals surface area (Å²) in [7, 11) is 0. The van der Waals surface area contributed by atoms with Gasteiger partial charge in [0, 0.05) is 41.1 Å². The van der Waals surface area contributed by atoms with Gasteiger partial charge in [-0.15, -0.1) is 0 Å². The van der Waals surface area contributed by atoms with E-state index in [4.69, 9.17) is 5.53 Å². The number of hydrogen-bond donors (Lipinski definition) is 3. The Bertz CT molecular complexity index is 1020. The molecule has 9 heteroatoms. The molecule has 0 saturated carbocycles. The highest BCUT2D eigenvalue weighted by Gasteiger charge is 2.00. The fourth-order valence-corrected chi connectivity index (χ4v) is 2.64. The minimum absolute atomic E-state index is 0.660. The van der Waals surface area contributed by atoms with Gasteiger partial charge in [0.15, 0.2) is 6.29 Å². The first-order valence-electron chi connectivity index (χ1n) is 9.78. The Morgan fingerprint density at radius 1 is 1.03 bits per heavy atom. The van der Waals surface area contributed by atoms with Gasteiger partial charge in [0.2, 0.25) is 0 Å². The van der Waals surface area contributed by atoms with E-state index in [-0.39, 0.29) is 0 Å². The van der Waals surface area contributed by atoms with E-state index in [0.717, 1.165) is 34.8 Å². The maximum absolute atomic E-state index is 10.4. The third kappa shape index (κ3) is 7.34. The van der Waals surface area contributed by atoms with Crippen LogP contribution in [0.25, 0.3) is 22.1 Å². The minimum Gasteiger partial charge on any atom is -0.346 e. The minimum atomic E-state index is 0.660. The highest BCUT2D eigenvalue weighted by molar-refractivity contribution is 5.95. The Hall–Kier alpha value is -3.75. The Balaban J connectivity index is 0.000000161. The average molecular weight is 406 g/mol. The molecule has 0 saturated heterocycles. The standard InChI is InChI=1S/C8H6N2O.C7H6N2.C6H14N4/c11-5-6-4-10-8-7(6)2-1-3-9-8;1-2-6-3-5-9-7(6)8-4-1;1-2-3-4-5-6-8-10-9-7/h1-5H,(H,9,10);1-5H,(H,8,9);7H,2-6H2,1H3. The van der Waals surface area contributed by atoms with Crippen LogP contribution in [-0.4, -0.2) is 32.8 Å². The first-order valence-corrected chi connectivity index (χ1v) is 9.78. The number of nitrogens with zero attached hydrogens (tertiary/aromatic N) is 5. The number of hydrogen-bond acceptors (Lipinski definition) is 5. The molecule has 0 aromatic carbocycles. The van der Waals surface area contributed by atoms with Crippen molar-refractivity contribution in [3.63, 3.8) is 0 Å². The second kappa shape index (κ2) is 13.4. The van der Waals surface area contributed by atoms with Crippen LogP contribution in [0.2, 0.25) is 0 Å². The summed E-state index contributed by atoms with van der Waals surface area (Å²) in [5.74, 6) is 0. The molecular weight excluding hydrogens is 380 g/mol. The predicted molar refractivity (Wildman–Crippen MR) is 117 cm³/mol. The van der Waals surface area contributed by atoms with Crippen molar-refractivity contribution in [2.75, 3.05) is 6.54 Å². The van der Waals surface area contributed by atoms with E-state index in [1.165, 1.54) is 19.3 Å². The van der Waals surface area contributed by atoms with Crippen LogP contribution in [0.1, 0.15) is 43.0 Å². The third-order valence-corrected chi connectivity index (χ3v) is 4.15. The van der Waals surface area contributed by atoms with E-state index in [1.807, 2.05) is 36.5 Å². The van der Waals surface area contributed by atoms with Gasteiger partial charge in [-0.2, -0.15) is 10.6 Å². The molecule has 0 bridgehead atoms. The van der Waals surface area contributed by atoms with Gasteiger partial charge in [0.1, 0.15) is 11.3 Å². The Labute approximate surface area is 174 Å². The van der Waals surface area contributed by atoms with Crippen LogP contribution in [0.4, 0.5) is 0 Å². The number of nitrogens with one attached hydrogen (secondary N) is 3. The number of aldehydes is 1. The summed E-state index contributed by atoms with van der Waals surface area (Å²) in [5.41, 5.74) is 8.66. The zero-order chi connectivity index (χ0) is 21.4. The summed E-state index contributed by atoms with van der Waals surface area (Å²) < 4.78 is 0. The molecule has 30 heavy (non-hydrogen) atoms. The Kier molecular flexibility index (Phi) is 10.1. The van der Waals surface area contributed by atoms with E-state index >= 15 is 0 Å². The lowest BCUT2D eigenvalue weighted by Gasteiger charge is -1.91. The van der Waals surface area contributed by atoms with Gasteiger partial charge in [0.25, 0.3) is 0 Å². The lowest BCUT2D eigenvalue weighted by atomic mass is 10.2. The van der Waals surface area contributed by atoms with Gasteiger partial charge in [0.05, 0.1) is 6.54 Å². The van der Waals surface area contributed by atoms with Gasteiger partial charge < -0.3 is 9.97 Å². The first kappa shape index (κ1) is 22.5. The maximum atomic E-state index is 10.4. The number of rotatable bonds is 7. The number of fused-ring (bicyclic) bond motifs is 2. The molecule has 156 valence electrons. The lowest BCUT2D eigenvalue weighted by molar-refractivity contribution is 0.112. The molecule has 3 N–H and O–H groups in total. The molecule has 0 spiro atoms. The summed E-state index contributed by atoms with van der Waals surface area (Å²) >= 11 is 0.